The van der Waals surface area contributed by atoms with Gasteiger partial charge in [-0.05, 0) is 6.42 Å². The summed E-state index contributed by atoms with van der Waals surface area (Å²) in [6, 6.07) is 0. The van der Waals surface area contributed by atoms with Crippen LogP contribution in [0.25, 0.3) is 0 Å². The van der Waals surface area contributed by atoms with E-state index in [-0.39, 0.29) is 24.3 Å². The van der Waals surface area contributed by atoms with E-state index < -0.39 is 0 Å². The van der Waals surface area contributed by atoms with Crippen LogP contribution in [-0.2, 0) is 19.1 Å². The van der Waals surface area contributed by atoms with Gasteiger partial charge < -0.3 is 9.47 Å². The Morgan fingerprint density at radius 2 is 2.55 bits per heavy atom. The molecule has 0 radical (unpaired) electrons. The van der Waals surface area contributed by atoms with Gasteiger partial charge in [-0.2, -0.15) is 0 Å². The highest BCUT2D eigenvalue weighted by atomic mass is 16.5. The van der Waals surface area contributed by atoms with Crippen molar-refractivity contribution in [3.05, 3.63) is 0 Å². The van der Waals surface area contributed by atoms with Gasteiger partial charge in [0.1, 0.15) is 0 Å². The smallest absolute Gasteiger partial charge is 0.309 e. The van der Waals surface area contributed by atoms with E-state index in [0.717, 1.165) is 0 Å². The lowest BCUT2D eigenvalue weighted by Crippen LogP contribution is -2.14. The fraction of sp³-hybridized carbons (Fsp3) is 0.714. The molecule has 0 saturated carbocycles. The number of methoxy groups -OCH3 is 1. The number of rotatable bonds is 2. The highest BCUT2D eigenvalue weighted by Gasteiger charge is 2.28. The normalized spacial score (nSPS) is 23.0. The van der Waals surface area contributed by atoms with E-state index in [1.807, 2.05) is 0 Å². The number of cyclic esters (lactones) is 1. The number of carbonyl (C=O) groups is 2. The lowest BCUT2D eigenvalue weighted by atomic mass is 10.1. The van der Waals surface area contributed by atoms with E-state index in [1.165, 1.54) is 7.11 Å². The van der Waals surface area contributed by atoms with Crippen LogP contribution in [-0.4, -0.2) is 25.7 Å². The molecule has 1 atom stereocenters. The van der Waals surface area contributed by atoms with Crippen LogP contribution in [0.15, 0.2) is 0 Å². The third-order valence-electron chi connectivity index (χ3n) is 1.68. The third kappa shape index (κ3) is 1.93. The molecule has 0 aromatic rings. The summed E-state index contributed by atoms with van der Waals surface area (Å²) in [5.41, 5.74) is 0. The van der Waals surface area contributed by atoms with Gasteiger partial charge in [0.25, 0.3) is 0 Å². The minimum atomic E-state index is -0.353. The van der Waals surface area contributed by atoms with Gasteiger partial charge in [-0.3, -0.25) is 9.59 Å². The van der Waals surface area contributed by atoms with Gasteiger partial charge in [0.2, 0.25) is 0 Å². The van der Waals surface area contributed by atoms with E-state index in [1.54, 1.807) is 0 Å². The fourth-order valence-electron chi connectivity index (χ4n) is 1.01. The standard InChI is InChI=1S/C7H10O4/c1-10-6(8)4-5-2-3-11-7(5)9/h5H,2-4H2,1H3. The molecule has 1 saturated heterocycles. The highest BCUT2D eigenvalue weighted by Crippen LogP contribution is 2.18. The second kappa shape index (κ2) is 3.37. The quantitative estimate of drug-likeness (QED) is 0.535. The third-order valence-corrected chi connectivity index (χ3v) is 1.68. The summed E-state index contributed by atoms with van der Waals surface area (Å²) in [5, 5.41) is 0. The molecule has 0 N–H and O–H groups in total. The van der Waals surface area contributed by atoms with E-state index in [4.69, 9.17) is 0 Å². The molecule has 0 bridgehead atoms. The fourth-order valence-corrected chi connectivity index (χ4v) is 1.01. The zero-order chi connectivity index (χ0) is 8.27. The first-order valence-corrected chi connectivity index (χ1v) is 3.47. The van der Waals surface area contributed by atoms with Crippen LogP contribution in [0, 0.1) is 5.92 Å². The SMILES string of the molecule is COC(=O)CC1CCOC1=O. The number of hydrogen-bond acceptors (Lipinski definition) is 4. The van der Waals surface area contributed by atoms with E-state index in [2.05, 4.69) is 9.47 Å². The van der Waals surface area contributed by atoms with Gasteiger partial charge in [-0.25, -0.2) is 0 Å². The molecule has 4 nitrogen and oxygen atoms in total. The summed E-state index contributed by atoms with van der Waals surface area (Å²) in [6.45, 7) is 0.431. The van der Waals surface area contributed by atoms with Crippen molar-refractivity contribution in [1.82, 2.24) is 0 Å². The van der Waals surface area contributed by atoms with Crippen molar-refractivity contribution in [2.24, 2.45) is 5.92 Å². The average Bonchev–Trinajstić information content (AvgIpc) is 2.37. The van der Waals surface area contributed by atoms with Gasteiger partial charge in [-0.1, -0.05) is 0 Å². The average molecular weight is 158 g/mol. The lowest BCUT2D eigenvalue weighted by Gasteiger charge is -2.01. The molecule has 1 rings (SSSR count). The summed E-state index contributed by atoms with van der Waals surface area (Å²) < 4.78 is 9.08. The Labute approximate surface area is 64.5 Å². The van der Waals surface area contributed by atoms with Crippen LogP contribution < -0.4 is 0 Å². The molecule has 1 aliphatic heterocycles. The van der Waals surface area contributed by atoms with E-state index in [9.17, 15) is 9.59 Å². The summed E-state index contributed by atoms with van der Waals surface area (Å²) in [6.07, 6.45) is 0.781. The molecule has 0 aliphatic carbocycles. The molecule has 11 heavy (non-hydrogen) atoms. The molecule has 0 amide bonds. The highest BCUT2D eigenvalue weighted by molar-refractivity contribution is 5.80. The van der Waals surface area contributed by atoms with Crippen molar-refractivity contribution >= 4 is 11.9 Å². The summed E-state index contributed by atoms with van der Waals surface area (Å²) in [7, 11) is 1.31. The van der Waals surface area contributed by atoms with E-state index in [0.29, 0.717) is 13.0 Å². The van der Waals surface area contributed by atoms with Crippen LogP contribution in [0.4, 0.5) is 0 Å². The molecule has 1 aliphatic rings. The van der Waals surface area contributed by atoms with Gasteiger partial charge in [-0.15, -0.1) is 0 Å². The first-order chi connectivity index (χ1) is 5.24. The zero-order valence-corrected chi connectivity index (χ0v) is 6.33. The molecule has 0 aromatic carbocycles. The Morgan fingerprint density at radius 1 is 1.82 bits per heavy atom. The molecule has 1 unspecified atom stereocenters. The predicted octanol–water partition coefficient (Wildman–Crippen LogP) is 0.113. The molecular formula is C7H10O4. The summed E-state index contributed by atoms with van der Waals surface area (Å²) in [4.78, 5) is 21.5. The molecule has 1 fully saturated rings. The second-order valence-corrected chi connectivity index (χ2v) is 2.43. The molecule has 0 spiro atoms. The van der Waals surface area contributed by atoms with Crippen LogP contribution in [0.1, 0.15) is 12.8 Å². The van der Waals surface area contributed by atoms with Crippen molar-refractivity contribution in [3.8, 4) is 0 Å². The van der Waals surface area contributed by atoms with Crippen molar-refractivity contribution in [2.45, 2.75) is 12.8 Å². The van der Waals surface area contributed by atoms with Crippen molar-refractivity contribution in [2.75, 3.05) is 13.7 Å². The first-order valence-electron chi connectivity index (χ1n) is 3.47. The van der Waals surface area contributed by atoms with E-state index >= 15 is 0 Å². The first kappa shape index (κ1) is 8.04. The van der Waals surface area contributed by atoms with Gasteiger partial charge in [0.15, 0.2) is 0 Å². The van der Waals surface area contributed by atoms with Crippen LogP contribution >= 0.6 is 0 Å². The molecule has 62 valence electrons. The maximum Gasteiger partial charge on any atom is 0.309 e. The maximum absolute atomic E-state index is 10.8. The minimum Gasteiger partial charge on any atom is -0.469 e. The van der Waals surface area contributed by atoms with Gasteiger partial charge in [0.05, 0.1) is 26.1 Å². The minimum absolute atomic E-state index is 0.148. The monoisotopic (exact) mass is 158 g/mol. The Balaban J connectivity index is 2.36. The van der Waals surface area contributed by atoms with Crippen molar-refractivity contribution in [1.29, 1.82) is 0 Å². The predicted molar refractivity (Wildman–Crippen MR) is 35.7 cm³/mol. The number of hydrogen-bond donors (Lipinski definition) is 0. The Bertz CT molecular complexity index is 175. The van der Waals surface area contributed by atoms with Crippen molar-refractivity contribution in [3.63, 3.8) is 0 Å². The lowest BCUT2D eigenvalue weighted by molar-refractivity contribution is -0.148. The molecular weight excluding hydrogens is 148 g/mol. The summed E-state index contributed by atoms with van der Waals surface area (Å²) in [5.74, 6) is -0.910. The Kier molecular flexibility index (Phi) is 2.46. The molecule has 1 heterocycles. The number of ether oxygens (including phenoxy) is 2. The Hall–Kier alpha value is -1.06. The Morgan fingerprint density at radius 3 is 3.00 bits per heavy atom. The van der Waals surface area contributed by atoms with Crippen LogP contribution in [0.3, 0.4) is 0 Å². The van der Waals surface area contributed by atoms with Crippen molar-refractivity contribution < 1.29 is 19.1 Å². The second-order valence-electron chi connectivity index (χ2n) is 2.43. The number of carbonyl (C=O) groups excluding carboxylic acids is 2. The van der Waals surface area contributed by atoms with Gasteiger partial charge in [0, 0.05) is 0 Å². The topological polar surface area (TPSA) is 52.6 Å². The zero-order valence-electron chi connectivity index (χ0n) is 6.33. The van der Waals surface area contributed by atoms with Gasteiger partial charge >= 0.3 is 11.9 Å². The van der Waals surface area contributed by atoms with Crippen LogP contribution in [0.5, 0.6) is 0 Å². The number of esters is 2. The largest absolute Gasteiger partial charge is 0.469 e. The maximum atomic E-state index is 10.8. The van der Waals surface area contributed by atoms with Crippen LogP contribution in [0.2, 0.25) is 0 Å². The molecule has 4 heteroatoms. The molecule has 0 aromatic heterocycles. The summed E-state index contributed by atoms with van der Waals surface area (Å²) >= 11 is 0.